The molecule has 0 aliphatic carbocycles. The summed E-state index contributed by atoms with van der Waals surface area (Å²) in [6.07, 6.45) is -4.32. The third kappa shape index (κ3) is 4.65. The SMILES string of the molecule is Cc1ccc(-c2ccc(-c3ccc(-c4ccc(-c5ccc(C(F)(F)F)cc5)s4)cc3)s2)cc1. The van der Waals surface area contributed by atoms with Crippen LogP contribution in [-0.2, 0) is 6.18 Å². The molecule has 3 aromatic carbocycles. The van der Waals surface area contributed by atoms with Gasteiger partial charge in [-0.3, -0.25) is 0 Å². The Kier molecular flexibility index (Phi) is 5.69. The van der Waals surface area contributed by atoms with Gasteiger partial charge in [-0.15, -0.1) is 22.7 Å². The van der Waals surface area contributed by atoms with Crippen molar-refractivity contribution in [2.24, 2.45) is 0 Å². The monoisotopic (exact) mass is 476 g/mol. The zero-order chi connectivity index (χ0) is 23.0. The van der Waals surface area contributed by atoms with Crippen LogP contribution in [-0.4, -0.2) is 0 Å². The topological polar surface area (TPSA) is 0 Å². The van der Waals surface area contributed by atoms with E-state index in [1.165, 1.54) is 38.6 Å². The molecular weight excluding hydrogens is 457 g/mol. The van der Waals surface area contributed by atoms with Crippen molar-refractivity contribution >= 4 is 22.7 Å². The molecule has 0 bridgehead atoms. The molecule has 0 saturated heterocycles. The van der Waals surface area contributed by atoms with E-state index in [9.17, 15) is 13.2 Å². The van der Waals surface area contributed by atoms with Crippen molar-refractivity contribution in [3.8, 4) is 41.8 Å². The first-order valence-corrected chi connectivity index (χ1v) is 12.1. The zero-order valence-corrected chi connectivity index (χ0v) is 19.3. The van der Waals surface area contributed by atoms with Crippen molar-refractivity contribution in [1.82, 2.24) is 0 Å². The highest BCUT2D eigenvalue weighted by molar-refractivity contribution is 7.19. The van der Waals surface area contributed by atoms with Gasteiger partial charge in [-0.25, -0.2) is 0 Å². The molecule has 0 unspecified atom stereocenters. The molecule has 0 N–H and O–H groups in total. The van der Waals surface area contributed by atoms with Gasteiger partial charge in [0.2, 0.25) is 0 Å². The highest BCUT2D eigenvalue weighted by atomic mass is 32.1. The Bertz CT molecular complexity index is 1370. The Balaban J connectivity index is 1.34. The molecule has 0 spiro atoms. The Morgan fingerprint density at radius 2 is 0.758 bits per heavy atom. The lowest BCUT2D eigenvalue weighted by Crippen LogP contribution is -2.03. The number of hydrogen-bond donors (Lipinski definition) is 0. The minimum atomic E-state index is -4.32. The van der Waals surface area contributed by atoms with E-state index in [-0.39, 0.29) is 0 Å². The maximum Gasteiger partial charge on any atom is 0.416 e. The van der Waals surface area contributed by atoms with Crippen LogP contribution in [0.3, 0.4) is 0 Å². The summed E-state index contributed by atoms with van der Waals surface area (Å²) in [4.78, 5) is 4.49. The lowest BCUT2D eigenvalue weighted by Gasteiger charge is -2.06. The summed E-state index contributed by atoms with van der Waals surface area (Å²) < 4.78 is 38.4. The lowest BCUT2D eigenvalue weighted by molar-refractivity contribution is -0.137. The molecule has 0 saturated carbocycles. The van der Waals surface area contributed by atoms with Gasteiger partial charge in [0.1, 0.15) is 0 Å². The van der Waals surface area contributed by atoms with Crippen LogP contribution in [0, 0.1) is 6.92 Å². The van der Waals surface area contributed by atoms with Gasteiger partial charge in [-0.05, 0) is 65.6 Å². The molecule has 2 heterocycles. The fourth-order valence-electron chi connectivity index (χ4n) is 3.64. The van der Waals surface area contributed by atoms with Crippen LogP contribution in [0.2, 0.25) is 0 Å². The Morgan fingerprint density at radius 1 is 0.455 bits per heavy atom. The second kappa shape index (κ2) is 8.65. The minimum Gasteiger partial charge on any atom is -0.166 e. The predicted molar refractivity (Wildman–Crippen MR) is 134 cm³/mol. The molecular formula is C28H19F3S2. The van der Waals surface area contributed by atoms with Gasteiger partial charge in [0.15, 0.2) is 0 Å². The average molecular weight is 477 g/mol. The number of rotatable bonds is 4. The standard InChI is InChI=1S/C28H19F3S2/c1-18-2-4-19(5-3-18)24-14-15-25(32-24)20-6-8-21(9-7-20)26-16-17-27(33-26)22-10-12-23(13-11-22)28(29,30)31/h2-17H,1H3. The molecule has 0 aliphatic heterocycles. The summed E-state index contributed by atoms with van der Waals surface area (Å²) in [5.74, 6) is 0. The first-order chi connectivity index (χ1) is 15.9. The van der Waals surface area contributed by atoms with E-state index in [0.717, 1.165) is 33.0 Å². The number of aryl methyl sites for hydroxylation is 1. The van der Waals surface area contributed by atoms with Crippen molar-refractivity contribution in [2.75, 3.05) is 0 Å². The van der Waals surface area contributed by atoms with Crippen LogP contribution in [0.5, 0.6) is 0 Å². The van der Waals surface area contributed by atoms with Gasteiger partial charge in [0.25, 0.3) is 0 Å². The molecule has 0 fully saturated rings. The highest BCUT2D eigenvalue weighted by Crippen LogP contribution is 2.38. The molecule has 0 atom stereocenters. The molecule has 0 aliphatic rings. The van der Waals surface area contributed by atoms with E-state index < -0.39 is 11.7 Å². The third-order valence-corrected chi connectivity index (χ3v) is 7.87. The fourth-order valence-corrected chi connectivity index (χ4v) is 5.67. The molecule has 0 nitrogen and oxygen atoms in total. The Labute approximate surface area is 198 Å². The summed E-state index contributed by atoms with van der Waals surface area (Å²) in [6.45, 7) is 2.09. The van der Waals surface area contributed by atoms with Crippen molar-refractivity contribution < 1.29 is 13.2 Å². The minimum absolute atomic E-state index is 0.627. The first-order valence-electron chi connectivity index (χ1n) is 10.4. The van der Waals surface area contributed by atoms with Crippen LogP contribution >= 0.6 is 22.7 Å². The molecule has 0 radical (unpaired) electrons. The Morgan fingerprint density at radius 3 is 1.09 bits per heavy atom. The molecule has 5 aromatic rings. The normalized spacial score (nSPS) is 11.6. The molecule has 5 rings (SSSR count). The number of alkyl halides is 3. The smallest absolute Gasteiger partial charge is 0.166 e. The molecule has 33 heavy (non-hydrogen) atoms. The maximum atomic E-state index is 12.8. The van der Waals surface area contributed by atoms with Gasteiger partial charge >= 0.3 is 6.18 Å². The van der Waals surface area contributed by atoms with Crippen LogP contribution < -0.4 is 0 Å². The largest absolute Gasteiger partial charge is 0.416 e. The van der Waals surface area contributed by atoms with E-state index >= 15 is 0 Å². The van der Waals surface area contributed by atoms with E-state index in [4.69, 9.17) is 0 Å². The van der Waals surface area contributed by atoms with E-state index in [1.807, 2.05) is 12.1 Å². The lowest BCUT2D eigenvalue weighted by atomic mass is 10.1. The van der Waals surface area contributed by atoms with Gasteiger partial charge < -0.3 is 0 Å². The molecule has 2 aromatic heterocycles. The van der Waals surface area contributed by atoms with Crippen molar-refractivity contribution in [2.45, 2.75) is 13.1 Å². The summed E-state index contributed by atoms with van der Waals surface area (Å²) in [6, 6.07) is 30.6. The summed E-state index contributed by atoms with van der Waals surface area (Å²) in [5, 5.41) is 0. The van der Waals surface area contributed by atoms with Crippen LogP contribution in [0.25, 0.3) is 41.8 Å². The van der Waals surface area contributed by atoms with Crippen molar-refractivity contribution in [3.05, 3.63) is 108 Å². The Hall–Kier alpha value is -3.15. The van der Waals surface area contributed by atoms with Crippen molar-refractivity contribution in [1.29, 1.82) is 0 Å². The second-order valence-electron chi connectivity index (χ2n) is 7.85. The van der Waals surface area contributed by atoms with Crippen LogP contribution in [0.4, 0.5) is 13.2 Å². The molecule has 0 amide bonds. The summed E-state index contributed by atoms with van der Waals surface area (Å²) >= 11 is 3.35. The summed E-state index contributed by atoms with van der Waals surface area (Å²) in [7, 11) is 0. The van der Waals surface area contributed by atoms with Crippen LogP contribution in [0.1, 0.15) is 11.1 Å². The van der Waals surface area contributed by atoms with E-state index in [0.29, 0.717) is 0 Å². The second-order valence-corrected chi connectivity index (χ2v) is 10.0. The molecule has 5 heteroatoms. The zero-order valence-electron chi connectivity index (χ0n) is 17.7. The fraction of sp³-hybridized carbons (Fsp3) is 0.0714. The van der Waals surface area contributed by atoms with E-state index in [1.54, 1.807) is 22.7 Å². The molecule has 164 valence electrons. The average Bonchev–Trinajstić information content (AvgIpc) is 3.50. The van der Waals surface area contributed by atoms with Gasteiger partial charge in [0.05, 0.1) is 5.56 Å². The first kappa shape index (κ1) is 21.7. The number of thiophene rings is 2. The van der Waals surface area contributed by atoms with Gasteiger partial charge in [-0.1, -0.05) is 66.2 Å². The van der Waals surface area contributed by atoms with Crippen molar-refractivity contribution in [3.63, 3.8) is 0 Å². The highest BCUT2D eigenvalue weighted by Gasteiger charge is 2.30. The number of halogens is 3. The van der Waals surface area contributed by atoms with Gasteiger partial charge in [0, 0.05) is 19.5 Å². The maximum absolute atomic E-state index is 12.8. The van der Waals surface area contributed by atoms with Crippen LogP contribution in [0.15, 0.2) is 97.1 Å². The quantitative estimate of drug-likeness (QED) is 0.242. The summed E-state index contributed by atoms with van der Waals surface area (Å²) in [5.41, 5.74) is 4.90. The number of hydrogen-bond acceptors (Lipinski definition) is 2. The number of benzene rings is 3. The predicted octanol–water partition coefficient (Wildman–Crippen LogP) is 9.80. The van der Waals surface area contributed by atoms with E-state index in [2.05, 4.69) is 67.6 Å². The third-order valence-electron chi connectivity index (χ3n) is 5.50. The van der Waals surface area contributed by atoms with Gasteiger partial charge in [-0.2, -0.15) is 13.2 Å².